The largest absolute Gasteiger partial charge is 0.316 e. The summed E-state index contributed by atoms with van der Waals surface area (Å²) in [5.41, 5.74) is 1.95. The maximum atomic E-state index is 4.45. The van der Waals surface area contributed by atoms with Crippen LogP contribution in [0.3, 0.4) is 0 Å². The van der Waals surface area contributed by atoms with E-state index in [0.29, 0.717) is 5.41 Å². The quantitative estimate of drug-likeness (QED) is 0.853. The molecule has 1 aromatic rings. The van der Waals surface area contributed by atoms with E-state index in [1.807, 2.05) is 0 Å². The molecular formula is C16H27N3. The number of aryl methyl sites for hydroxylation is 1. The average molecular weight is 261 g/mol. The van der Waals surface area contributed by atoms with Crippen LogP contribution in [-0.4, -0.2) is 22.9 Å². The summed E-state index contributed by atoms with van der Waals surface area (Å²) in [4.78, 5) is 0. The maximum Gasteiger partial charge on any atom is 0.0521 e. The molecule has 19 heavy (non-hydrogen) atoms. The molecule has 0 amide bonds. The van der Waals surface area contributed by atoms with Gasteiger partial charge >= 0.3 is 0 Å². The first kappa shape index (κ1) is 13.2. The van der Waals surface area contributed by atoms with E-state index in [-0.39, 0.29) is 0 Å². The fourth-order valence-corrected chi connectivity index (χ4v) is 4.50. The molecule has 2 aliphatic rings. The van der Waals surface area contributed by atoms with Gasteiger partial charge in [0.25, 0.3) is 0 Å². The Labute approximate surface area is 116 Å². The number of rotatable bonds is 6. The summed E-state index contributed by atoms with van der Waals surface area (Å²) in [7, 11) is 0. The second-order valence-corrected chi connectivity index (χ2v) is 6.60. The van der Waals surface area contributed by atoms with Crippen molar-refractivity contribution in [2.75, 3.05) is 13.1 Å². The monoisotopic (exact) mass is 261 g/mol. The summed E-state index contributed by atoms with van der Waals surface area (Å²) < 4.78 is 2.06. The molecule has 3 rings (SSSR count). The Hall–Kier alpha value is -0.830. The first-order chi connectivity index (χ1) is 9.25. The molecule has 106 valence electrons. The van der Waals surface area contributed by atoms with Gasteiger partial charge in [-0.3, -0.25) is 4.68 Å². The minimum absolute atomic E-state index is 0.514. The highest BCUT2D eigenvalue weighted by Gasteiger charge is 2.50. The van der Waals surface area contributed by atoms with Crippen LogP contribution in [0.4, 0.5) is 0 Å². The van der Waals surface area contributed by atoms with Gasteiger partial charge in [-0.05, 0) is 62.0 Å². The van der Waals surface area contributed by atoms with E-state index in [4.69, 9.17) is 0 Å². The van der Waals surface area contributed by atoms with Gasteiger partial charge in [-0.2, -0.15) is 5.10 Å². The van der Waals surface area contributed by atoms with Crippen LogP contribution in [-0.2, 0) is 13.0 Å². The van der Waals surface area contributed by atoms with E-state index in [9.17, 15) is 0 Å². The summed E-state index contributed by atoms with van der Waals surface area (Å²) in [6.45, 7) is 7.64. The molecule has 1 heterocycles. The van der Waals surface area contributed by atoms with E-state index in [1.165, 1.54) is 44.2 Å². The number of aromatic nitrogens is 2. The van der Waals surface area contributed by atoms with Crippen LogP contribution in [0.2, 0.25) is 0 Å². The zero-order valence-corrected chi connectivity index (χ0v) is 12.4. The van der Waals surface area contributed by atoms with Crippen LogP contribution >= 0.6 is 0 Å². The van der Waals surface area contributed by atoms with Gasteiger partial charge in [0.2, 0.25) is 0 Å². The standard InChI is InChI=1S/C16H27N3/c1-3-17-12-16(8-13-5-6-15(16)7-13)9-14-10-18-19(4-2)11-14/h10-11,13,15,17H,3-9,12H2,1-2H3. The fourth-order valence-electron chi connectivity index (χ4n) is 4.50. The van der Waals surface area contributed by atoms with Crippen molar-refractivity contribution in [3.63, 3.8) is 0 Å². The number of nitrogens with one attached hydrogen (secondary N) is 1. The lowest BCUT2D eigenvalue weighted by molar-refractivity contribution is 0.157. The lowest BCUT2D eigenvalue weighted by atomic mass is 9.69. The van der Waals surface area contributed by atoms with Crippen molar-refractivity contribution >= 4 is 0 Å². The smallest absolute Gasteiger partial charge is 0.0521 e. The minimum Gasteiger partial charge on any atom is -0.316 e. The van der Waals surface area contributed by atoms with Crippen molar-refractivity contribution < 1.29 is 0 Å². The molecular weight excluding hydrogens is 234 g/mol. The van der Waals surface area contributed by atoms with Crippen molar-refractivity contribution in [3.8, 4) is 0 Å². The molecule has 2 bridgehead atoms. The van der Waals surface area contributed by atoms with E-state index in [0.717, 1.165) is 24.9 Å². The Morgan fingerprint density at radius 3 is 2.89 bits per heavy atom. The van der Waals surface area contributed by atoms with Gasteiger partial charge < -0.3 is 5.32 Å². The molecule has 1 N–H and O–H groups in total. The van der Waals surface area contributed by atoms with Gasteiger partial charge in [0.05, 0.1) is 6.20 Å². The van der Waals surface area contributed by atoms with Crippen LogP contribution < -0.4 is 5.32 Å². The highest BCUT2D eigenvalue weighted by atomic mass is 15.3. The Morgan fingerprint density at radius 1 is 1.42 bits per heavy atom. The minimum atomic E-state index is 0.514. The molecule has 0 aliphatic heterocycles. The Balaban J connectivity index is 1.76. The lowest BCUT2D eigenvalue weighted by Crippen LogP contribution is -2.40. The van der Waals surface area contributed by atoms with E-state index in [2.05, 4.69) is 41.3 Å². The van der Waals surface area contributed by atoms with Crippen molar-refractivity contribution in [1.82, 2.24) is 15.1 Å². The molecule has 0 radical (unpaired) electrons. The van der Waals surface area contributed by atoms with Crippen LogP contribution in [0.15, 0.2) is 12.4 Å². The lowest BCUT2D eigenvalue weighted by Gasteiger charge is -2.38. The molecule has 2 fully saturated rings. The number of hydrogen-bond acceptors (Lipinski definition) is 2. The Kier molecular flexibility index (Phi) is 3.66. The first-order valence-electron chi connectivity index (χ1n) is 7.98. The van der Waals surface area contributed by atoms with E-state index < -0.39 is 0 Å². The molecule has 0 aromatic carbocycles. The maximum absolute atomic E-state index is 4.45. The molecule has 1 aromatic heterocycles. The fraction of sp³-hybridized carbons (Fsp3) is 0.812. The molecule has 2 aliphatic carbocycles. The predicted molar refractivity (Wildman–Crippen MR) is 78.0 cm³/mol. The zero-order valence-electron chi connectivity index (χ0n) is 12.4. The van der Waals surface area contributed by atoms with Crippen molar-refractivity contribution in [2.24, 2.45) is 17.3 Å². The van der Waals surface area contributed by atoms with Gasteiger partial charge in [-0.25, -0.2) is 0 Å². The zero-order chi connectivity index (χ0) is 13.3. The van der Waals surface area contributed by atoms with Gasteiger partial charge in [0.1, 0.15) is 0 Å². The number of fused-ring (bicyclic) bond motifs is 2. The third-order valence-electron chi connectivity index (χ3n) is 5.40. The molecule has 0 saturated heterocycles. The van der Waals surface area contributed by atoms with Crippen LogP contribution in [0.1, 0.15) is 45.1 Å². The summed E-state index contributed by atoms with van der Waals surface area (Å²) in [5.74, 6) is 1.95. The number of hydrogen-bond donors (Lipinski definition) is 1. The second-order valence-electron chi connectivity index (χ2n) is 6.60. The summed E-state index contributed by atoms with van der Waals surface area (Å²) in [6.07, 6.45) is 11.4. The second kappa shape index (κ2) is 5.28. The highest BCUT2D eigenvalue weighted by molar-refractivity contribution is 5.13. The van der Waals surface area contributed by atoms with Crippen LogP contribution in [0.25, 0.3) is 0 Å². The number of nitrogens with zero attached hydrogens (tertiary/aromatic N) is 2. The summed E-state index contributed by atoms with van der Waals surface area (Å²) >= 11 is 0. The van der Waals surface area contributed by atoms with Crippen molar-refractivity contribution in [3.05, 3.63) is 18.0 Å². The first-order valence-corrected chi connectivity index (χ1v) is 7.98. The molecule has 3 nitrogen and oxygen atoms in total. The van der Waals surface area contributed by atoms with Crippen LogP contribution in [0, 0.1) is 17.3 Å². The summed E-state index contributed by atoms with van der Waals surface area (Å²) in [5, 5.41) is 8.08. The highest BCUT2D eigenvalue weighted by Crippen LogP contribution is 2.57. The molecule has 3 atom stereocenters. The van der Waals surface area contributed by atoms with Crippen LogP contribution in [0.5, 0.6) is 0 Å². The molecule has 2 saturated carbocycles. The van der Waals surface area contributed by atoms with Gasteiger partial charge in [0, 0.05) is 19.3 Å². The third-order valence-corrected chi connectivity index (χ3v) is 5.40. The van der Waals surface area contributed by atoms with E-state index in [1.54, 1.807) is 0 Å². The van der Waals surface area contributed by atoms with Gasteiger partial charge in [0.15, 0.2) is 0 Å². The van der Waals surface area contributed by atoms with Crippen molar-refractivity contribution in [2.45, 2.75) is 52.5 Å². The molecule has 3 heteroatoms. The topological polar surface area (TPSA) is 29.9 Å². The van der Waals surface area contributed by atoms with Gasteiger partial charge in [-0.1, -0.05) is 13.3 Å². The molecule has 3 unspecified atom stereocenters. The van der Waals surface area contributed by atoms with E-state index >= 15 is 0 Å². The van der Waals surface area contributed by atoms with Crippen molar-refractivity contribution in [1.29, 1.82) is 0 Å². The average Bonchev–Trinajstić information content (AvgIpc) is 3.12. The molecule has 0 spiro atoms. The third kappa shape index (κ3) is 2.45. The normalized spacial score (nSPS) is 33.2. The summed E-state index contributed by atoms with van der Waals surface area (Å²) in [6, 6.07) is 0. The Bertz CT molecular complexity index is 425. The predicted octanol–water partition coefficient (Wildman–Crippen LogP) is 2.86. The SMILES string of the molecule is CCNCC1(Cc2cnn(CC)c2)CC2CCC1C2. The van der Waals surface area contributed by atoms with Gasteiger partial charge in [-0.15, -0.1) is 0 Å². The Morgan fingerprint density at radius 2 is 2.32 bits per heavy atom.